The van der Waals surface area contributed by atoms with Gasteiger partial charge in [0.15, 0.2) is 11.6 Å². The number of halogens is 2. The molecule has 0 aliphatic carbocycles. The molecule has 1 aliphatic rings. The van der Waals surface area contributed by atoms with Crippen molar-refractivity contribution in [2.24, 2.45) is 0 Å². The predicted octanol–water partition coefficient (Wildman–Crippen LogP) is 2.37. The average Bonchev–Trinajstić information content (AvgIpc) is 2.78. The van der Waals surface area contributed by atoms with E-state index < -0.39 is 11.6 Å². The van der Waals surface area contributed by atoms with Crippen LogP contribution < -0.4 is 4.90 Å². The third kappa shape index (κ3) is 2.69. The second kappa shape index (κ2) is 5.54. The highest BCUT2D eigenvalue weighted by molar-refractivity contribution is 5.51. The van der Waals surface area contributed by atoms with Crippen molar-refractivity contribution in [1.29, 1.82) is 5.26 Å². The molecule has 1 heterocycles. The Morgan fingerprint density at radius 2 is 2.16 bits per heavy atom. The van der Waals surface area contributed by atoms with Crippen LogP contribution >= 0.6 is 0 Å². The molecule has 2 rings (SSSR count). The predicted molar refractivity (Wildman–Crippen MR) is 70.0 cm³/mol. The van der Waals surface area contributed by atoms with Gasteiger partial charge in [0, 0.05) is 19.6 Å². The molecule has 1 saturated heterocycles. The smallest absolute Gasteiger partial charge is 0.183 e. The number of likely N-dealkylation sites (tertiary alicyclic amines) is 1. The van der Waals surface area contributed by atoms with Crippen molar-refractivity contribution >= 4 is 5.69 Å². The summed E-state index contributed by atoms with van der Waals surface area (Å²) >= 11 is 0. The highest BCUT2D eigenvalue weighted by Crippen LogP contribution is 2.25. The fourth-order valence-corrected chi connectivity index (χ4v) is 2.54. The van der Waals surface area contributed by atoms with Crippen LogP contribution in [-0.2, 0) is 0 Å². The number of likely N-dealkylation sites (N-methyl/N-ethyl adjacent to an activating group) is 2. The molecule has 1 aromatic rings. The summed E-state index contributed by atoms with van der Waals surface area (Å²) < 4.78 is 27.5. The summed E-state index contributed by atoms with van der Waals surface area (Å²) in [6.07, 6.45) is 2.21. The van der Waals surface area contributed by atoms with Crippen LogP contribution in [0, 0.1) is 23.0 Å². The zero-order chi connectivity index (χ0) is 14.0. The molecule has 0 radical (unpaired) electrons. The van der Waals surface area contributed by atoms with Gasteiger partial charge in [0.25, 0.3) is 0 Å². The standard InChI is InChI=1S/C14H17F2N3/c1-18-7-3-4-11(18)9-19(2)12-6-5-10(8-17)13(15)14(12)16/h5-6,11H,3-4,7,9H2,1-2H3. The molecule has 0 amide bonds. The van der Waals surface area contributed by atoms with Gasteiger partial charge in [-0.1, -0.05) is 0 Å². The Morgan fingerprint density at radius 1 is 1.42 bits per heavy atom. The van der Waals surface area contributed by atoms with E-state index in [9.17, 15) is 8.78 Å². The van der Waals surface area contributed by atoms with Crippen molar-refractivity contribution in [2.75, 3.05) is 32.1 Å². The Morgan fingerprint density at radius 3 is 2.74 bits per heavy atom. The van der Waals surface area contributed by atoms with Crippen LogP contribution in [0.5, 0.6) is 0 Å². The van der Waals surface area contributed by atoms with E-state index in [1.54, 1.807) is 18.0 Å². The minimum absolute atomic E-state index is 0.205. The first kappa shape index (κ1) is 13.8. The molecule has 1 aromatic carbocycles. The topological polar surface area (TPSA) is 30.3 Å². The molecular weight excluding hydrogens is 248 g/mol. The van der Waals surface area contributed by atoms with E-state index >= 15 is 0 Å². The van der Waals surface area contributed by atoms with Crippen molar-refractivity contribution < 1.29 is 8.78 Å². The second-order valence-electron chi connectivity index (χ2n) is 5.03. The average molecular weight is 265 g/mol. The Balaban J connectivity index is 2.18. The van der Waals surface area contributed by atoms with Gasteiger partial charge in [0.05, 0.1) is 11.3 Å². The van der Waals surface area contributed by atoms with Crippen LogP contribution in [0.3, 0.4) is 0 Å². The molecule has 5 heteroatoms. The number of hydrogen-bond acceptors (Lipinski definition) is 3. The molecule has 1 atom stereocenters. The molecule has 0 N–H and O–H groups in total. The number of nitrogens with zero attached hydrogens (tertiary/aromatic N) is 3. The lowest BCUT2D eigenvalue weighted by Crippen LogP contribution is -2.37. The normalized spacial score (nSPS) is 19.4. The molecule has 0 aromatic heterocycles. The van der Waals surface area contributed by atoms with E-state index in [2.05, 4.69) is 4.90 Å². The van der Waals surface area contributed by atoms with Crippen LogP contribution in [-0.4, -0.2) is 38.1 Å². The molecular formula is C14H17F2N3. The quantitative estimate of drug-likeness (QED) is 0.840. The van der Waals surface area contributed by atoms with E-state index in [0.717, 1.165) is 19.4 Å². The lowest BCUT2D eigenvalue weighted by molar-refractivity contribution is 0.313. The van der Waals surface area contributed by atoms with Gasteiger partial charge in [0.1, 0.15) is 6.07 Å². The van der Waals surface area contributed by atoms with Crippen LogP contribution in [0.15, 0.2) is 12.1 Å². The zero-order valence-corrected chi connectivity index (χ0v) is 11.2. The Kier molecular flexibility index (Phi) is 4.01. The summed E-state index contributed by atoms with van der Waals surface area (Å²) in [5.74, 6) is -2.01. The maximum absolute atomic E-state index is 13.9. The minimum Gasteiger partial charge on any atom is -0.371 e. The number of benzene rings is 1. The monoisotopic (exact) mass is 265 g/mol. The van der Waals surface area contributed by atoms with E-state index in [1.807, 2.05) is 7.05 Å². The number of rotatable bonds is 3. The zero-order valence-electron chi connectivity index (χ0n) is 11.2. The van der Waals surface area contributed by atoms with E-state index in [1.165, 1.54) is 12.1 Å². The maximum atomic E-state index is 13.9. The second-order valence-corrected chi connectivity index (χ2v) is 5.03. The van der Waals surface area contributed by atoms with Crippen molar-refractivity contribution in [2.45, 2.75) is 18.9 Å². The summed E-state index contributed by atoms with van der Waals surface area (Å²) in [5, 5.41) is 8.66. The molecule has 1 unspecified atom stereocenters. The first-order valence-electron chi connectivity index (χ1n) is 6.34. The highest BCUT2D eigenvalue weighted by atomic mass is 19.2. The van der Waals surface area contributed by atoms with Crippen LogP contribution in [0.1, 0.15) is 18.4 Å². The number of anilines is 1. The first-order valence-corrected chi connectivity index (χ1v) is 6.34. The van der Waals surface area contributed by atoms with Crippen molar-refractivity contribution in [3.8, 4) is 6.07 Å². The summed E-state index contributed by atoms with van der Waals surface area (Å²) in [5.41, 5.74) is -0.0514. The molecule has 0 saturated carbocycles. The van der Waals surface area contributed by atoms with Crippen LogP contribution in [0.2, 0.25) is 0 Å². The molecule has 102 valence electrons. The summed E-state index contributed by atoms with van der Waals surface area (Å²) in [7, 11) is 3.79. The Bertz CT molecular complexity index is 510. The summed E-state index contributed by atoms with van der Waals surface area (Å²) in [6, 6.07) is 4.79. The molecule has 19 heavy (non-hydrogen) atoms. The highest BCUT2D eigenvalue weighted by Gasteiger charge is 2.24. The van der Waals surface area contributed by atoms with E-state index in [4.69, 9.17) is 5.26 Å². The van der Waals surface area contributed by atoms with E-state index in [-0.39, 0.29) is 11.3 Å². The van der Waals surface area contributed by atoms with Crippen molar-refractivity contribution in [3.63, 3.8) is 0 Å². The largest absolute Gasteiger partial charge is 0.371 e. The molecule has 0 bridgehead atoms. The molecule has 3 nitrogen and oxygen atoms in total. The lowest BCUT2D eigenvalue weighted by Gasteiger charge is -2.27. The van der Waals surface area contributed by atoms with Crippen molar-refractivity contribution in [3.05, 3.63) is 29.3 Å². The SMILES string of the molecule is CN(CC1CCCN1C)c1ccc(C#N)c(F)c1F. The molecule has 0 spiro atoms. The first-order chi connectivity index (χ1) is 9.04. The fourth-order valence-electron chi connectivity index (χ4n) is 2.54. The molecule has 1 aliphatic heterocycles. The van der Waals surface area contributed by atoms with Gasteiger partial charge < -0.3 is 9.80 Å². The van der Waals surface area contributed by atoms with Gasteiger partial charge in [-0.3, -0.25) is 0 Å². The number of hydrogen-bond donors (Lipinski definition) is 0. The minimum atomic E-state index is -1.06. The van der Waals surface area contributed by atoms with E-state index in [0.29, 0.717) is 12.6 Å². The van der Waals surface area contributed by atoms with Gasteiger partial charge in [-0.2, -0.15) is 5.26 Å². The molecule has 1 fully saturated rings. The maximum Gasteiger partial charge on any atom is 0.183 e. The third-order valence-corrected chi connectivity index (χ3v) is 3.75. The van der Waals surface area contributed by atoms with Crippen molar-refractivity contribution in [1.82, 2.24) is 4.90 Å². The van der Waals surface area contributed by atoms with Gasteiger partial charge in [-0.05, 0) is 38.6 Å². The number of nitriles is 1. The van der Waals surface area contributed by atoms with Gasteiger partial charge in [-0.15, -0.1) is 0 Å². The van der Waals surface area contributed by atoms with Gasteiger partial charge in [-0.25, -0.2) is 8.78 Å². The third-order valence-electron chi connectivity index (χ3n) is 3.75. The van der Waals surface area contributed by atoms with Crippen LogP contribution in [0.25, 0.3) is 0 Å². The summed E-state index contributed by atoms with van der Waals surface area (Å²) in [4.78, 5) is 3.94. The van der Waals surface area contributed by atoms with Gasteiger partial charge in [0.2, 0.25) is 0 Å². The van der Waals surface area contributed by atoms with Gasteiger partial charge >= 0.3 is 0 Å². The fraction of sp³-hybridized carbons (Fsp3) is 0.500. The van der Waals surface area contributed by atoms with Crippen LogP contribution in [0.4, 0.5) is 14.5 Å². The lowest BCUT2D eigenvalue weighted by atomic mass is 10.1. The Labute approximate surface area is 112 Å². The summed E-state index contributed by atoms with van der Waals surface area (Å²) in [6.45, 7) is 1.70. The Hall–Kier alpha value is -1.67.